The van der Waals surface area contributed by atoms with Crippen LogP contribution < -0.4 is 5.32 Å². The molecule has 3 rings (SSSR count). The first-order valence-electron chi connectivity index (χ1n) is 7.92. The van der Waals surface area contributed by atoms with E-state index in [0.717, 1.165) is 32.0 Å². The molecule has 1 saturated carbocycles. The van der Waals surface area contributed by atoms with Crippen molar-refractivity contribution in [1.82, 2.24) is 20.1 Å². The van der Waals surface area contributed by atoms with Crippen molar-refractivity contribution in [3.05, 3.63) is 30.1 Å². The maximum Gasteiger partial charge on any atom is 0.242 e. The second-order valence-corrected chi connectivity index (χ2v) is 5.82. The first-order chi connectivity index (χ1) is 10.8. The van der Waals surface area contributed by atoms with Crippen LogP contribution in [0.5, 0.6) is 0 Å². The number of hydrogen-bond acceptors (Lipinski definition) is 3. The average molecular weight is 429 g/mol. The molecule has 2 aliphatic rings. The summed E-state index contributed by atoms with van der Waals surface area (Å²) in [5, 5.41) is 3.35. The molecule has 1 aromatic heterocycles. The van der Waals surface area contributed by atoms with Crippen molar-refractivity contribution in [2.75, 3.05) is 33.2 Å². The molecule has 0 spiro atoms. The minimum Gasteiger partial charge on any atom is -0.356 e. The highest BCUT2D eigenvalue weighted by molar-refractivity contribution is 14.0. The summed E-state index contributed by atoms with van der Waals surface area (Å²) in [6.45, 7) is 2.91. The van der Waals surface area contributed by atoms with E-state index in [4.69, 9.17) is 0 Å². The van der Waals surface area contributed by atoms with Gasteiger partial charge in [0, 0.05) is 45.1 Å². The van der Waals surface area contributed by atoms with Gasteiger partial charge in [0.15, 0.2) is 5.96 Å². The lowest BCUT2D eigenvalue weighted by molar-refractivity contribution is -0.135. The van der Waals surface area contributed by atoms with Crippen LogP contribution in [0, 0.1) is 0 Å². The molecule has 0 bridgehead atoms. The molecule has 0 atom stereocenters. The van der Waals surface area contributed by atoms with E-state index in [1.165, 1.54) is 18.4 Å². The molecule has 7 heteroatoms. The molecule has 0 aromatic carbocycles. The highest BCUT2D eigenvalue weighted by atomic mass is 127. The summed E-state index contributed by atoms with van der Waals surface area (Å²) in [6.07, 6.45) is 6.87. The number of carbonyl (C=O) groups is 1. The third-order valence-corrected chi connectivity index (χ3v) is 4.20. The van der Waals surface area contributed by atoms with Crippen LogP contribution in [0.25, 0.3) is 0 Å². The van der Waals surface area contributed by atoms with Gasteiger partial charge in [-0.05, 0) is 37.0 Å². The van der Waals surface area contributed by atoms with Crippen molar-refractivity contribution in [2.45, 2.75) is 25.3 Å². The number of hydrogen-bond donors (Lipinski definition) is 1. The molecular formula is C16H24IN5O. The van der Waals surface area contributed by atoms with Gasteiger partial charge >= 0.3 is 0 Å². The standard InChI is InChI=1S/C16H23N5O.HI/c1-17-16(19-9-6-13-4-7-18-8-5-13)20-10-11-21(14-2-3-14)15(22)12-20;/h4-5,7-8,14H,2-3,6,9-12H2,1H3,(H,17,19);1H. The van der Waals surface area contributed by atoms with Crippen LogP contribution >= 0.6 is 24.0 Å². The van der Waals surface area contributed by atoms with Crippen LogP contribution in [0.3, 0.4) is 0 Å². The van der Waals surface area contributed by atoms with Gasteiger partial charge in [0.25, 0.3) is 0 Å². The molecule has 6 nitrogen and oxygen atoms in total. The van der Waals surface area contributed by atoms with E-state index >= 15 is 0 Å². The number of aliphatic imine (C=N–C) groups is 1. The fourth-order valence-corrected chi connectivity index (χ4v) is 2.84. The summed E-state index contributed by atoms with van der Waals surface area (Å²) in [5.41, 5.74) is 1.24. The van der Waals surface area contributed by atoms with Gasteiger partial charge in [0.1, 0.15) is 0 Å². The minimum atomic E-state index is 0. The largest absolute Gasteiger partial charge is 0.356 e. The molecule has 1 aliphatic carbocycles. The summed E-state index contributed by atoms with van der Waals surface area (Å²) in [7, 11) is 1.77. The van der Waals surface area contributed by atoms with Crippen molar-refractivity contribution in [2.24, 2.45) is 4.99 Å². The highest BCUT2D eigenvalue weighted by Crippen LogP contribution is 2.27. The number of pyridine rings is 1. The van der Waals surface area contributed by atoms with Crippen molar-refractivity contribution in [3.63, 3.8) is 0 Å². The molecule has 1 amide bonds. The van der Waals surface area contributed by atoms with Gasteiger partial charge in [0.2, 0.25) is 5.91 Å². The summed E-state index contributed by atoms with van der Waals surface area (Å²) in [6, 6.07) is 4.54. The predicted octanol–water partition coefficient (Wildman–Crippen LogP) is 1.12. The molecular weight excluding hydrogens is 405 g/mol. The number of guanidine groups is 1. The molecule has 2 fully saturated rings. The van der Waals surface area contributed by atoms with E-state index in [9.17, 15) is 4.79 Å². The molecule has 2 heterocycles. The second-order valence-electron chi connectivity index (χ2n) is 5.82. The zero-order chi connectivity index (χ0) is 15.4. The highest BCUT2D eigenvalue weighted by Gasteiger charge is 2.36. The van der Waals surface area contributed by atoms with Crippen LogP contribution in [-0.2, 0) is 11.2 Å². The Bertz CT molecular complexity index is 547. The monoisotopic (exact) mass is 429 g/mol. The van der Waals surface area contributed by atoms with Crippen LogP contribution in [0.1, 0.15) is 18.4 Å². The molecule has 0 radical (unpaired) electrons. The smallest absolute Gasteiger partial charge is 0.242 e. The van der Waals surface area contributed by atoms with Crippen molar-refractivity contribution in [3.8, 4) is 0 Å². The van der Waals surface area contributed by atoms with Gasteiger partial charge in [-0.25, -0.2) is 0 Å². The molecule has 126 valence electrons. The van der Waals surface area contributed by atoms with E-state index in [1.54, 1.807) is 19.4 Å². The Balaban J connectivity index is 0.00000192. The Morgan fingerprint density at radius 3 is 2.70 bits per heavy atom. The van der Waals surface area contributed by atoms with Crippen LogP contribution in [0.4, 0.5) is 0 Å². The van der Waals surface area contributed by atoms with Gasteiger partial charge in [0.05, 0.1) is 6.54 Å². The van der Waals surface area contributed by atoms with E-state index in [1.807, 2.05) is 21.9 Å². The molecule has 1 saturated heterocycles. The normalized spacial score (nSPS) is 18.7. The number of halogens is 1. The number of aromatic nitrogens is 1. The number of carbonyl (C=O) groups excluding carboxylic acids is 1. The SMILES string of the molecule is CN=C(NCCc1ccncc1)N1CCN(C2CC2)C(=O)C1.I. The number of nitrogens with zero attached hydrogens (tertiary/aromatic N) is 4. The Hall–Kier alpha value is -1.38. The number of nitrogens with one attached hydrogen (secondary N) is 1. The van der Waals surface area contributed by atoms with Gasteiger partial charge in [-0.1, -0.05) is 0 Å². The third-order valence-electron chi connectivity index (χ3n) is 4.20. The first-order valence-corrected chi connectivity index (χ1v) is 7.92. The Kier molecular flexibility index (Phi) is 6.61. The maximum atomic E-state index is 12.2. The van der Waals surface area contributed by atoms with Gasteiger partial charge < -0.3 is 15.1 Å². The van der Waals surface area contributed by atoms with Crippen LogP contribution in [-0.4, -0.2) is 65.9 Å². The van der Waals surface area contributed by atoms with Crippen molar-refractivity contribution >= 4 is 35.8 Å². The topological polar surface area (TPSA) is 60.8 Å². The third kappa shape index (κ3) is 4.79. The zero-order valence-corrected chi connectivity index (χ0v) is 15.8. The predicted molar refractivity (Wildman–Crippen MR) is 101 cm³/mol. The number of piperazine rings is 1. The Morgan fingerprint density at radius 2 is 2.09 bits per heavy atom. The number of rotatable bonds is 4. The first kappa shape index (κ1) is 18.0. The van der Waals surface area contributed by atoms with Crippen LogP contribution in [0.2, 0.25) is 0 Å². The molecule has 0 unspecified atom stereocenters. The molecule has 1 aliphatic heterocycles. The van der Waals surface area contributed by atoms with E-state index in [0.29, 0.717) is 12.6 Å². The lowest BCUT2D eigenvalue weighted by Crippen LogP contribution is -2.55. The molecule has 1 aromatic rings. The van der Waals surface area contributed by atoms with Gasteiger partial charge in [-0.3, -0.25) is 14.8 Å². The van der Waals surface area contributed by atoms with E-state index in [-0.39, 0.29) is 29.9 Å². The summed E-state index contributed by atoms with van der Waals surface area (Å²) >= 11 is 0. The zero-order valence-electron chi connectivity index (χ0n) is 13.4. The van der Waals surface area contributed by atoms with E-state index in [2.05, 4.69) is 15.3 Å². The summed E-state index contributed by atoms with van der Waals surface area (Å²) in [5.74, 6) is 1.05. The summed E-state index contributed by atoms with van der Waals surface area (Å²) < 4.78 is 0. The quantitative estimate of drug-likeness (QED) is 0.443. The summed E-state index contributed by atoms with van der Waals surface area (Å²) in [4.78, 5) is 24.6. The van der Waals surface area contributed by atoms with E-state index < -0.39 is 0 Å². The molecule has 1 N–H and O–H groups in total. The van der Waals surface area contributed by atoms with Crippen molar-refractivity contribution in [1.29, 1.82) is 0 Å². The average Bonchev–Trinajstić information content (AvgIpc) is 3.37. The van der Waals surface area contributed by atoms with Crippen molar-refractivity contribution < 1.29 is 4.79 Å². The Labute approximate surface area is 154 Å². The Morgan fingerprint density at radius 1 is 1.35 bits per heavy atom. The number of amides is 1. The van der Waals surface area contributed by atoms with Gasteiger partial charge in [-0.15, -0.1) is 24.0 Å². The fraction of sp³-hybridized carbons (Fsp3) is 0.562. The van der Waals surface area contributed by atoms with Gasteiger partial charge in [-0.2, -0.15) is 0 Å². The fourth-order valence-electron chi connectivity index (χ4n) is 2.84. The maximum absolute atomic E-state index is 12.2. The van der Waals surface area contributed by atoms with Crippen LogP contribution in [0.15, 0.2) is 29.5 Å². The second kappa shape index (κ2) is 8.47. The lowest BCUT2D eigenvalue weighted by atomic mass is 10.2. The lowest BCUT2D eigenvalue weighted by Gasteiger charge is -2.36. The minimum absolute atomic E-state index is 0. The molecule has 23 heavy (non-hydrogen) atoms.